The number of hydrogen-bond acceptors (Lipinski definition) is 2. The number of halogens is 1. The van der Waals surface area contributed by atoms with E-state index >= 15 is 0 Å². The van der Waals surface area contributed by atoms with E-state index in [1.165, 1.54) is 9.75 Å². The standard InChI is InChI=1S/C11H19N3S.HI/c1-4-9-6-7-10(15-9)8-14-11(12-3)13-5-2;/h6-7H,4-5,8H2,1-3H3,(H2,12,13,14);1H. The van der Waals surface area contributed by atoms with Gasteiger partial charge in [0.15, 0.2) is 5.96 Å². The molecule has 0 amide bonds. The van der Waals surface area contributed by atoms with Gasteiger partial charge in [0.25, 0.3) is 0 Å². The Bertz CT molecular complexity index is 323. The van der Waals surface area contributed by atoms with Crippen molar-refractivity contribution >= 4 is 41.3 Å². The lowest BCUT2D eigenvalue weighted by Gasteiger charge is -2.08. The van der Waals surface area contributed by atoms with E-state index in [4.69, 9.17) is 0 Å². The fourth-order valence-electron chi connectivity index (χ4n) is 1.27. The second-order valence-corrected chi connectivity index (χ2v) is 4.43. The van der Waals surface area contributed by atoms with Crippen molar-refractivity contribution in [2.45, 2.75) is 26.8 Å². The summed E-state index contributed by atoms with van der Waals surface area (Å²) in [4.78, 5) is 6.91. The molecule has 0 radical (unpaired) electrons. The number of nitrogens with zero attached hydrogens (tertiary/aromatic N) is 1. The minimum absolute atomic E-state index is 0. The Kier molecular flexibility index (Phi) is 8.64. The lowest BCUT2D eigenvalue weighted by Crippen LogP contribution is -2.36. The van der Waals surface area contributed by atoms with Gasteiger partial charge < -0.3 is 10.6 Å². The Morgan fingerprint density at radius 2 is 1.94 bits per heavy atom. The van der Waals surface area contributed by atoms with Gasteiger partial charge in [-0.05, 0) is 25.5 Å². The molecule has 0 aliphatic rings. The normalized spacial score (nSPS) is 10.8. The molecule has 2 N–H and O–H groups in total. The first-order valence-corrected chi connectivity index (χ1v) is 6.13. The van der Waals surface area contributed by atoms with Gasteiger partial charge in [0.2, 0.25) is 0 Å². The smallest absolute Gasteiger partial charge is 0.191 e. The summed E-state index contributed by atoms with van der Waals surface area (Å²) < 4.78 is 0. The van der Waals surface area contributed by atoms with Crippen molar-refractivity contribution in [2.24, 2.45) is 4.99 Å². The average molecular weight is 353 g/mol. The summed E-state index contributed by atoms with van der Waals surface area (Å²) in [5, 5.41) is 6.44. The molecule has 0 atom stereocenters. The Hall–Kier alpha value is -0.300. The van der Waals surface area contributed by atoms with Crippen molar-refractivity contribution in [1.29, 1.82) is 0 Å². The van der Waals surface area contributed by atoms with Crippen LogP contribution in [0.4, 0.5) is 0 Å². The maximum atomic E-state index is 4.12. The lowest BCUT2D eigenvalue weighted by molar-refractivity contribution is 0.838. The SMILES string of the molecule is CCNC(=NC)NCc1ccc(CC)s1.I. The molecule has 1 heterocycles. The van der Waals surface area contributed by atoms with Crippen molar-refractivity contribution in [3.05, 3.63) is 21.9 Å². The van der Waals surface area contributed by atoms with Crippen molar-refractivity contribution in [2.75, 3.05) is 13.6 Å². The van der Waals surface area contributed by atoms with Crippen LogP contribution in [0.15, 0.2) is 17.1 Å². The summed E-state index contributed by atoms with van der Waals surface area (Å²) in [5.41, 5.74) is 0. The summed E-state index contributed by atoms with van der Waals surface area (Å²) in [5.74, 6) is 0.865. The number of guanidine groups is 1. The van der Waals surface area contributed by atoms with Crippen LogP contribution in [0.25, 0.3) is 0 Å². The summed E-state index contributed by atoms with van der Waals surface area (Å²) in [6.07, 6.45) is 1.12. The Balaban J connectivity index is 0.00000225. The molecule has 1 aromatic rings. The maximum absolute atomic E-state index is 4.12. The van der Waals surface area contributed by atoms with Gasteiger partial charge in [-0.1, -0.05) is 6.92 Å². The second-order valence-electron chi connectivity index (χ2n) is 3.18. The van der Waals surface area contributed by atoms with Crippen molar-refractivity contribution in [1.82, 2.24) is 10.6 Å². The van der Waals surface area contributed by atoms with Crippen molar-refractivity contribution in [3.8, 4) is 0 Å². The molecule has 0 fully saturated rings. The average Bonchev–Trinajstić information content (AvgIpc) is 2.72. The molecule has 1 aromatic heterocycles. The van der Waals surface area contributed by atoms with Gasteiger partial charge in [-0.2, -0.15) is 0 Å². The van der Waals surface area contributed by atoms with E-state index in [0.717, 1.165) is 25.5 Å². The highest BCUT2D eigenvalue weighted by Crippen LogP contribution is 2.16. The van der Waals surface area contributed by atoms with E-state index in [1.807, 2.05) is 11.3 Å². The van der Waals surface area contributed by atoms with Gasteiger partial charge >= 0.3 is 0 Å². The quantitative estimate of drug-likeness (QED) is 0.496. The van der Waals surface area contributed by atoms with E-state index in [2.05, 4.69) is 41.6 Å². The number of aliphatic imine (C=N–C) groups is 1. The molecule has 1 rings (SSSR count). The Morgan fingerprint density at radius 3 is 2.44 bits per heavy atom. The fourth-order valence-corrected chi connectivity index (χ4v) is 2.16. The van der Waals surface area contributed by atoms with Gasteiger partial charge in [0.1, 0.15) is 0 Å². The molecular weight excluding hydrogens is 333 g/mol. The molecule has 0 aliphatic heterocycles. The zero-order valence-corrected chi connectivity index (χ0v) is 13.2. The third-order valence-corrected chi connectivity index (χ3v) is 3.29. The first-order chi connectivity index (χ1) is 7.30. The number of aryl methyl sites for hydroxylation is 1. The van der Waals surface area contributed by atoms with Crippen LogP contribution >= 0.6 is 35.3 Å². The number of hydrogen-bond donors (Lipinski definition) is 2. The maximum Gasteiger partial charge on any atom is 0.191 e. The molecular formula is C11H20IN3S. The highest BCUT2D eigenvalue weighted by molar-refractivity contribution is 14.0. The monoisotopic (exact) mass is 353 g/mol. The molecule has 0 saturated carbocycles. The van der Waals surface area contributed by atoms with Crippen LogP contribution < -0.4 is 10.6 Å². The molecule has 0 aliphatic carbocycles. The molecule has 0 bridgehead atoms. The van der Waals surface area contributed by atoms with E-state index in [-0.39, 0.29) is 24.0 Å². The molecule has 0 aromatic carbocycles. The van der Waals surface area contributed by atoms with Crippen LogP contribution in [0.1, 0.15) is 23.6 Å². The highest BCUT2D eigenvalue weighted by atomic mass is 127. The number of rotatable bonds is 4. The molecule has 16 heavy (non-hydrogen) atoms. The van der Waals surface area contributed by atoms with Crippen LogP contribution in [0.2, 0.25) is 0 Å². The first kappa shape index (κ1) is 15.7. The summed E-state index contributed by atoms with van der Waals surface area (Å²) in [6, 6.07) is 4.37. The van der Waals surface area contributed by atoms with Crippen LogP contribution in [-0.2, 0) is 13.0 Å². The molecule has 0 unspecified atom stereocenters. The first-order valence-electron chi connectivity index (χ1n) is 5.32. The van der Waals surface area contributed by atoms with E-state index in [0.29, 0.717) is 0 Å². The molecule has 0 spiro atoms. The zero-order chi connectivity index (χ0) is 11.1. The largest absolute Gasteiger partial charge is 0.357 e. The van der Waals surface area contributed by atoms with Gasteiger partial charge in [-0.15, -0.1) is 35.3 Å². The van der Waals surface area contributed by atoms with E-state index in [9.17, 15) is 0 Å². The summed E-state index contributed by atoms with van der Waals surface area (Å²) in [7, 11) is 1.79. The Labute approximate surface area is 119 Å². The number of nitrogens with one attached hydrogen (secondary N) is 2. The molecule has 0 saturated heterocycles. The van der Waals surface area contributed by atoms with Crippen LogP contribution in [0, 0.1) is 0 Å². The third-order valence-electron chi connectivity index (χ3n) is 2.06. The predicted molar refractivity (Wildman–Crippen MR) is 83.0 cm³/mol. The topological polar surface area (TPSA) is 36.4 Å². The molecule has 92 valence electrons. The van der Waals surface area contributed by atoms with Crippen LogP contribution in [-0.4, -0.2) is 19.6 Å². The van der Waals surface area contributed by atoms with E-state index < -0.39 is 0 Å². The fraction of sp³-hybridized carbons (Fsp3) is 0.545. The second kappa shape index (κ2) is 8.81. The predicted octanol–water partition coefficient (Wildman–Crippen LogP) is 2.61. The van der Waals surface area contributed by atoms with Gasteiger partial charge in [0.05, 0.1) is 6.54 Å². The summed E-state index contributed by atoms with van der Waals surface area (Å²) in [6.45, 7) is 5.99. The van der Waals surface area contributed by atoms with Crippen molar-refractivity contribution in [3.63, 3.8) is 0 Å². The van der Waals surface area contributed by atoms with Crippen LogP contribution in [0.5, 0.6) is 0 Å². The lowest BCUT2D eigenvalue weighted by atomic mass is 10.4. The van der Waals surface area contributed by atoms with Crippen molar-refractivity contribution < 1.29 is 0 Å². The summed E-state index contributed by atoms with van der Waals surface area (Å²) >= 11 is 1.86. The highest BCUT2D eigenvalue weighted by Gasteiger charge is 1.99. The van der Waals surface area contributed by atoms with Crippen LogP contribution in [0.3, 0.4) is 0 Å². The third kappa shape index (κ3) is 5.16. The molecule has 5 heteroatoms. The minimum atomic E-state index is 0. The molecule has 3 nitrogen and oxygen atoms in total. The van der Waals surface area contributed by atoms with Gasteiger partial charge in [-0.3, -0.25) is 4.99 Å². The Morgan fingerprint density at radius 1 is 1.25 bits per heavy atom. The minimum Gasteiger partial charge on any atom is -0.357 e. The zero-order valence-electron chi connectivity index (χ0n) is 10.0. The van der Waals surface area contributed by atoms with Gasteiger partial charge in [-0.25, -0.2) is 0 Å². The van der Waals surface area contributed by atoms with E-state index in [1.54, 1.807) is 7.05 Å². The number of thiophene rings is 1. The van der Waals surface area contributed by atoms with Gasteiger partial charge in [0, 0.05) is 23.3 Å².